The normalized spacial score (nSPS) is 23.2. The third kappa shape index (κ3) is 3.68. The molecule has 1 heterocycles. The van der Waals surface area contributed by atoms with Crippen LogP contribution in [0, 0.1) is 0 Å². The van der Waals surface area contributed by atoms with Crippen molar-refractivity contribution in [2.45, 2.75) is 32.6 Å². The van der Waals surface area contributed by atoms with Crippen molar-refractivity contribution in [3.05, 3.63) is 29.8 Å². The second-order valence-corrected chi connectivity index (χ2v) is 5.00. The van der Waals surface area contributed by atoms with Gasteiger partial charge in [-0.25, -0.2) is 4.79 Å². The number of urea groups is 1. The highest BCUT2D eigenvalue weighted by molar-refractivity contribution is 5.89. The number of carbonyl (C=O) groups excluding carboxylic acids is 1. The number of rotatable bonds is 2. The molecule has 2 amide bonds. The Morgan fingerprint density at radius 3 is 2.74 bits per heavy atom. The SMILES string of the molecule is CC1CN(C(=O)Nc2cccc(CN)c2)CC(C)O1. The van der Waals surface area contributed by atoms with Crippen LogP contribution in [0.15, 0.2) is 24.3 Å². The van der Waals surface area contributed by atoms with Crippen LogP contribution in [-0.4, -0.2) is 36.2 Å². The predicted octanol–water partition coefficient (Wildman–Crippen LogP) is 1.79. The Bertz CT molecular complexity index is 440. The van der Waals surface area contributed by atoms with Gasteiger partial charge in [0.05, 0.1) is 12.2 Å². The molecule has 1 aliphatic heterocycles. The Morgan fingerprint density at radius 1 is 1.42 bits per heavy atom. The van der Waals surface area contributed by atoms with Gasteiger partial charge in [-0.05, 0) is 31.5 Å². The number of anilines is 1. The molecular formula is C14H21N3O2. The molecule has 2 rings (SSSR count). The van der Waals surface area contributed by atoms with E-state index in [1.165, 1.54) is 0 Å². The number of ether oxygens (including phenoxy) is 1. The molecule has 0 saturated carbocycles. The first kappa shape index (κ1) is 13.8. The van der Waals surface area contributed by atoms with Crippen LogP contribution in [0.4, 0.5) is 10.5 Å². The molecule has 1 saturated heterocycles. The van der Waals surface area contributed by atoms with Crippen LogP contribution < -0.4 is 11.1 Å². The topological polar surface area (TPSA) is 67.6 Å². The fraction of sp³-hybridized carbons (Fsp3) is 0.500. The van der Waals surface area contributed by atoms with Crippen LogP contribution in [0.2, 0.25) is 0 Å². The number of benzene rings is 1. The third-order valence-electron chi connectivity index (χ3n) is 3.12. The van der Waals surface area contributed by atoms with Crippen molar-refractivity contribution in [1.29, 1.82) is 0 Å². The van der Waals surface area contributed by atoms with E-state index in [9.17, 15) is 4.79 Å². The molecule has 0 aromatic heterocycles. The van der Waals surface area contributed by atoms with Crippen LogP contribution in [0.25, 0.3) is 0 Å². The zero-order valence-corrected chi connectivity index (χ0v) is 11.4. The number of hydrogen-bond acceptors (Lipinski definition) is 3. The van der Waals surface area contributed by atoms with E-state index < -0.39 is 0 Å². The van der Waals surface area contributed by atoms with Crippen LogP contribution >= 0.6 is 0 Å². The number of hydrogen-bond donors (Lipinski definition) is 2. The molecule has 19 heavy (non-hydrogen) atoms. The van der Waals surface area contributed by atoms with Gasteiger partial charge in [0.25, 0.3) is 0 Å². The first-order chi connectivity index (χ1) is 9.08. The molecule has 5 heteroatoms. The van der Waals surface area contributed by atoms with E-state index in [1.807, 2.05) is 38.1 Å². The fourth-order valence-electron chi connectivity index (χ4n) is 2.32. The van der Waals surface area contributed by atoms with Gasteiger partial charge in [0.15, 0.2) is 0 Å². The van der Waals surface area contributed by atoms with Crippen LogP contribution in [0.5, 0.6) is 0 Å². The van der Waals surface area contributed by atoms with Crippen molar-refractivity contribution >= 4 is 11.7 Å². The standard InChI is InChI=1S/C14H21N3O2/c1-10-8-17(9-11(2)19-10)14(18)16-13-5-3-4-12(6-13)7-15/h3-6,10-11H,7-9,15H2,1-2H3,(H,16,18). The summed E-state index contributed by atoms with van der Waals surface area (Å²) in [5.74, 6) is 0. The largest absolute Gasteiger partial charge is 0.372 e. The van der Waals surface area contributed by atoms with Crippen molar-refractivity contribution in [1.82, 2.24) is 4.90 Å². The maximum atomic E-state index is 12.2. The third-order valence-corrected chi connectivity index (χ3v) is 3.12. The number of nitrogens with zero attached hydrogens (tertiary/aromatic N) is 1. The highest BCUT2D eigenvalue weighted by Gasteiger charge is 2.25. The van der Waals surface area contributed by atoms with Crippen molar-refractivity contribution in [2.24, 2.45) is 5.73 Å². The van der Waals surface area contributed by atoms with E-state index in [1.54, 1.807) is 4.90 Å². The monoisotopic (exact) mass is 263 g/mol. The Balaban J connectivity index is 2.00. The van der Waals surface area contributed by atoms with Crippen LogP contribution in [0.1, 0.15) is 19.4 Å². The van der Waals surface area contributed by atoms with Gasteiger partial charge < -0.3 is 20.7 Å². The smallest absolute Gasteiger partial charge is 0.322 e. The molecule has 3 N–H and O–H groups in total. The summed E-state index contributed by atoms with van der Waals surface area (Å²) in [5, 5.41) is 2.90. The number of nitrogens with one attached hydrogen (secondary N) is 1. The lowest BCUT2D eigenvalue weighted by molar-refractivity contribution is -0.0530. The van der Waals surface area contributed by atoms with Gasteiger partial charge in [0.1, 0.15) is 0 Å². The molecule has 0 radical (unpaired) electrons. The summed E-state index contributed by atoms with van der Waals surface area (Å²) in [6, 6.07) is 7.50. The first-order valence-corrected chi connectivity index (χ1v) is 6.59. The second-order valence-electron chi connectivity index (χ2n) is 5.00. The highest BCUT2D eigenvalue weighted by atomic mass is 16.5. The molecule has 1 aromatic carbocycles. The summed E-state index contributed by atoms with van der Waals surface area (Å²) in [5.41, 5.74) is 7.37. The van der Waals surface area contributed by atoms with Gasteiger partial charge in [-0.2, -0.15) is 0 Å². The Hall–Kier alpha value is -1.59. The quantitative estimate of drug-likeness (QED) is 0.854. The minimum absolute atomic E-state index is 0.0740. The average Bonchev–Trinajstić information content (AvgIpc) is 2.37. The first-order valence-electron chi connectivity index (χ1n) is 6.59. The van der Waals surface area contributed by atoms with Crippen LogP contribution in [0.3, 0.4) is 0 Å². The zero-order chi connectivity index (χ0) is 13.8. The van der Waals surface area contributed by atoms with Gasteiger partial charge >= 0.3 is 6.03 Å². The summed E-state index contributed by atoms with van der Waals surface area (Å²) in [4.78, 5) is 14.0. The summed E-state index contributed by atoms with van der Waals surface area (Å²) < 4.78 is 5.62. The Morgan fingerprint density at radius 2 is 2.11 bits per heavy atom. The van der Waals surface area contributed by atoms with Gasteiger partial charge in [0.2, 0.25) is 0 Å². The van der Waals surface area contributed by atoms with Crippen molar-refractivity contribution in [3.63, 3.8) is 0 Å². The van der Waals surface area contributed by atoms with E-state index in [-0.39, 0.29) is 18.2 Å². The Labute approximate surface area is 113 Å². The second kappa shape index (κ2) is 6.04. The summed E-state index contributed by atoms with van der Waals surface area (Å²) >= 11 is 0. The lowest BCUT2D eigenvalue weighted by Gasteiger charge is -2.35. The van der Waals surface area contributed by atoms with Gasteiger partial charge in [-0.15, -0.1) is 0 Å². The van der Waals surface area contributed by atoms with Gasteiger partial charge in [-0.3, -0.25) is 0 Å². The van der Waals surface area contributed by atoms with E-state index in [2.05, 4.69) is 5.32 Å². The molecule has 0 bridgehead atoms. The van der Waals surface area contributed by atoms with Crippen molar-refractivity contribution in [2.75, 3.05) is 18.4 Å². The summed E-state index contributed by atoms with van der Waals surface area (Å²) in [7, 11) is 0. The van der Waals surface area contributed by atoms with Crippen molar-refractivity contribution in [3.8, 4) is 0 Å². The molecule has 0 spiro atoms. The lowest BCUT2D eigenvalue weighted by atomic mass is 10.2. The van der Waals surface area contributed by atoms with E-state index in [0.717, 1.165) is 11.3 Å². The molecule has 1 fully saturated rings. The number of morpholine rings is 1. The molecule has 1 aliphatic rings. The number of amides is 2. The molecule has 0 aliphatic carbocycles. The molecule has 104 valence electrons. The molecule has 2 unspecified atom stereocenters. The van der Waals surface area contributed by atoms with Crippen molar-refractivity contribution < 1.29 is 9.53 Å². The number of carbonyl (C=O) groups is 1. The average molecular weight is 263 g/mol. The lowest BCUT2D eigenvalue weighted by Crippen LogP contribution is -2.49. The minimum atomic E-state index is -0.0869. The maximum Gasteiger partial charge on any atom is 0.322 e. The van der Waals surface area contributed by atoms with E-state index in [4.69, 9.17) is 10.5 Å². The van der Waals surface area contributed by atoms with E-state index >= 15 is 0 Å². The molecule has 1 aromatic rings. The fourth-order valence-corrected chi connectivity index (χ4v) is 2.32. The van der Waals surface area contributed by atoms with Gasteiger partial charge in [-0.1, -0.05) is 12.1 Å². The van der Waals surface area contributed by atoms with Gasteiger partial charge in [0, 0.05) is 25.3 Å². The zero-order valence-electron chi connectivity index (χ0n) is 11.4. The summed E-state index contributed by atoms with van der Waals surface area (Å²) in [6.45, 7) is 5.66. The number of nitrogens with two attached hydrogens (primary N) is 1. The van der Waals surface area contributed by atoms with Crippen LogP contribution in [-0.2, 0) is 11.3 Å². The minimum Gasteiger partial charge on any atom is -0.372 e. The maximum absolute atomic E-state index is 12.2. The molecule has 2 atom stereocenters. The predicted molar refractivity (Wildman–Crippen MR) is 74.9 cm³/mol. The van der Waals surface area contributed by atoms with E-state index in [0.29, 0.717) is 19.6 Å². The molecular weight excluding hydrogens is 242 g/mol. The Kier molecular flexibility index (Phi) is 4.39. The summed E-state index contributed by atoms with van der Waals surface area (Å²) in [6.07, 6.45) is 0.148. The molecule has 5 nitrogen and oxygen atoms in total. The highest BCUT2D eigenvalue weighted by Crippen LogP contribution is 2.14.